The van der Waals surface area contributed by atoms with Crippen LogP contribution in [0.25, 0.3) is 0 Å². The zero-order chi connectivity index (χ0) is 28.8. The molecular weight excluding hydrogens is 389 g/mol. The molecule has 0 saturated heterocycles. The van der Waals surface area contributed by atoms with E-state index in [2.05, 4.69) is 0 Å². The normalized spacial score (nSPS) is 9.64. The van der Waals surface area contributed by atoms with Gasteiger partial charge in [0.2, 0.25) is 0 Å². The van der Waals surface area contributed by atoms with Gasteiger partial charge in [-0.15, -0.1) is 0 Å². The molecular formula is B36-3. The van der Waals surface area contributed by atoms with Crippen LogP contribution in [0.3, 0.4) is 0 Å². The number of hydrogen-bond donors (Lipinski definition) is 0. The van der Waals surface area contributed by atoms with Crippen molar-refractivity contribution in [2.24, 2.45) is 0 Å². The Morgan fingerprint density at radius 1 is 0.278 bits per heavy atom. The van der Waals surface area contributed by atoms with Crippen LogP contribution >= 0.6 is 0 Å². The van der Waals surface area contributed by atoms with Crippen LogP contribution in [-0.4, -0.2) is 256 Å². The van der Waals surface area contributed by atoms with Gasteiger partial charge >= 0.3 is 0 Å². The summed E-state index contributed by atoms with van der Waals surface area (Å²) in [6, 6.07) is 0. The minimum atomic E-state index is -1.17. The third-order valence-corrected chi connectivity index (χ3v) is 7.11. The van der Waals surface area contributed by atoms with Crippen molar-refractivity contribution < 1.29 is 0 Å². The van der Waals surface area contributed by atoms with Crippen LogP contribution in [0.1, 0.15) is 0 Å². The lowest BCUT2D eigenvalue weighted by atomic mass is 8.29. The van der Waals surface area contributed by atoms with Gasteiger partial charge in [-0.05, 0) is 213 Å². The number of hydrogen-bond acceptors (Lipinski definition) is 0. The van der Waals surface area contributed by atoms with Crippen molar-refractivity contribution >= 4 is 256 Å². The molecule has 0 aliphatic rings. The maximum atomic E-state index is 6.53. The molecule has 0 bridgehead atoms. The van der Waals surface area contributed by atoms with Gasteiger partial charge in [0.05, 0.1) is 0 Å². The molecule has 0 amide bonds. The van der Waals surface area contributed by atoms with E-state index in [1.165, 1.54) is 0 Å². The van der Waals surface area contributed by atoms with Crippen molar-refractivity contribution in [3.63, 3.8) is 0 Å². The molecule has 0 spiro atoms. The Morgan fingerprint density at radius 3 is 0.667 bits per heavy atom. The molecule has 0 nitrogen and oxygen atoms in total. The summed E-state index contributed by atoms with van der Waals surface area (Å²) in [6.45, 7) is 0. The molecule has 0 aromatic rings. The lowest BCUT2D eigenvalue weighted by molar-refractivity contribution is 3.23. The van der Waals surface area contributed by atoms with Gasteiger partial charge < -0.3 is 29.6 Å². The zero-order valence-corrected chi connectivity index (χ0v) is 20.8. The van der Waals surface area contributed by atoms with E-state index >= 15 is 0 Å². The Kier molecular flexibility index (Phi) is 18.5. The highest BCUT2D eigenvalue weighted by molar-refractivity contribution is 8.30. The first-order chi connectivity index (χ1) is 16.3. The van der Waals surface area contributed by atoms with Crippen LogP contribution in [0.15, 0.2) is 0 Å². The van der Waals surface area contributed by atoms with Gasteiger partial charge in [-0.1, -0.05) is 6.39 Å². The van der Waals surface area contributed by atoms with Crippen LogP contribution in [0.4, 0.5) is 0 Å². The van der Waals surface area contributed by atoms with Crippen molar-refractivity contribution in [3.05, 3.63) is 0 Å². The summed E-state index contributed by atoms with van der Waals surface area (Å²) < 4.78 is 0. The lowest BCUT2D eigenvalue weighted by Gasteiger charge is -2.58. The Hall–Kier alpha value is 2.34. The monoisotopic (exact) mass is 396 g/mol. The second-order valence-electron chi connectivity index (χ2n) is 9.81. The quantitative estimate of drug-likeness (QED) is 0.230. The standard InChI is InChI=1S/B36/c1-20(2)29(19)34(30(21(3)4)22(5)6)36(33(27(15)16)28(17)18)35(31(23(7)8)24(9)10)32(25(11)12)26(13)14/q-3. The summed E-state index contributed by atoms with van der Waals surface area (Å²) in [7, 11) is 117. The Balaban J connectivity index is 7.84. The second-order valence-corrected chi connectivity index (χ2v) is 9.81. The van der Waals surface area contributed by atoms with Gasteiger partial charge in [0, 0.05) is 0 Å². The van der Waals surface area contributed by atoms with Gasteiger partial charge in [0.15, 0.2) is 0 Å². The van der Waals surface area contributed by atoms with Crippen molar-refractivity contribution in [1.29, 1.82) is 0 Å². The van der Waals surface area contributed by atoms with E-state index in [9.17, 15) is 0 Å². The summed E-state index contributed by atoms with van der Waals surface area (Å²) in [5.74, 6) is 0. The van der Waals surface area contributed by atoms with Gasteiger partial charge in [-0.3, -0.25) is 0 Å². The predicted octanol–water partition coefficient (Wildman–Crippen LogP) is -13.7. The van der Waals surface area contributed by atoms with E-state index < -0.39 is 109 Å². The largest absolute Gasteiger partial charge is 0.729 e. The molecule has 41 radical (unpaired) electrons. The Labute approximate surface area is 254 Å². The average Bonchev–Trinajstić information content (AvgIpc) is 2.66. The molecule has 36 heavy (non-hydrogen) atoms. The first-order valence-corrected chi connectivity index (χ1v) is 11.7. The van der Waals surface area contributed by atoms with Crippen LogP contribution in [0.5, 0.6) is 0 Å². The van der Waals surface area contributed by atoms with E-state index in [1.807, 2.05) is 0 Å². The molecule has 0 aliphatic carbocycles. The van der Waals surface area contributed by atoms with Crippen LogP contribution in [-0.2, 0) is 0 Å². The first-order valence-electron chi connectivity index (χ1n) is 11.7. The molecule has 111 valence electrons. The van der Waals surface area contributed by atoms with E-state index in [0.29, 0.717) is 0 Å². The summed E-state index contributed by atoms with van der Waals surface area (Å²) in [4.78, 5) is 0. The summed E-state index contributed by atoms with van der Waals surface area (Å²) in [5, 5.41) is 0. The summed E-state index contributed by atoms with van der Waals surface area (Å²) >= 11 is 0. The van der Waals surface area contributed by atoms with Gasteiger partial charge in [-0.25, -0.2) is 6.39 Å². The lowest BCUT2D eigenvalue weighted by Crippen LogP contribution is -2.91. The average molecular weight is 389 g/mol. The van der Waals surface area contributed by atoms with E-state index in [4.69, 9.17) is 147 Å². The maximum absolute atomic E-state index is 6.53. The maximum Gasteiger partial charge on any atom is -0.000000000000248 e. The smallest absolute Gasteiger partial charge is 0.000000000000248 e. The molecule has 0 atom stereocenters. The summed E-state index contributed by atoms with van der Waals surface area (Å²) in [5.41, 5.74) is 0. The van der Waals surface area contributed by atoms with Crippen molar-refractivity contribution in [3.8, 4) is 0 Å². The SMILES string of the molecule is [B]B([B])B(B([B])[B])B(B(B([B])[B])B([B])[B])B(B(B([B])[B])B([B])[B])B(B([B])B([B-])[B-])B(B([B])[B])B([B])[B-]. The predicted molar refractivity (Wildman–Crippen MR) is 207 cm³/mol. The van der Waals surface area contributed by atoms with E-state index in [-0.39, 0.29) is 0 Å². The third-order valence-electron chi connectivity index (χ3n) is 7.11. The number of rotatable bonds is 16. The highest BCUT2D eigenvalue weighted by atomic mass is 13.4. The van der Waals surface area contributed by atoms with Crippen molar-refractivity contribution in [2.75, 3.05) is 0 Å². The Bertz CT molecular complexity index is 509. The van der Waals surface area contributed by atoms with E-state index in [0.717, 1.165) is 0 Å². The van der Waals surface area contributed by atoms with Gasteiger partial charge in [0.25, 0.3) is 0 Å². The fourth-order valence-corrected chi connectivity index (χ4v) is 5.65. The molecule has 0 rings (SSSR count). The second kappa shape index (κ2) is 17.3. The molecule has 0 N–H and O–H groups in total. The zero-order valence-electron chi connectivity index (χ0n) is 20.8. The van der Waals surface area contributed by atoms with Gasteiger partial charge in [-0.2, -0.15) is 0 Å². The highest BCUT2D eigenvalue weighted by Crippen LogP contribution is 2.17. The minimum absolute atomic E-state index is 0.964. The Morgan fingerprint density at radius 2 is 0.500 bits per heavy atom. The molecule has 0 aromatic carbocycles. The highest BCUT2D eigenvalue weighted by Gasteiger charge is 2.53. The van der Waals surface area contributed by atoms with Crippen molar-refractivity contribution in [2.45, 2.75) is 0 Å². The molecule has 0 aliphatic heterocycles. The van der Waals surface area contributed by atoms with E-state index in [1.54, 1.807) is 0 Å². The molecule has 0 saturated carbocycles. The fourth-order valence-electron chi connectivity index (χ4n) is 5.65. The first kappa shape index (κ1) is 38.3. The molecule has 0 unspecified atom stereocenters. The fraction of sp³-hybridized carbons (Fsp3) is 0. The summed E-state index contributed by atoms with van der Waals surface area (Å²) in [6.07, 6.45) is -18.3. The van der Waals surface area contributed by atoms with Crippen LogP contribution < -0.4 is 0 Å². The van der Waals surface area contributed by atoms with Crippen LogP contribution in [0.2, 0.25) is 0 Å². The molecule has 0 aromatic heterocycles. The minimum Gasteiger partial charge on any atom is -0.729 e. The molecule has 0 fully saturated rings. The molecule has 0 heterocycles. The third kappa shape index (κ3) is 10.3. The van der Waals surface area contributed by atoms with Crippen LogP contribution in [0, 0.1) is 0 Å². The molecule has 36 heteroatoms. The van der Waals surface area contributed by atoms with Crippen molar-refractivity contribution in [1.82, 2.24) is 0 Å². The topological polar surface area (TPSA) is 0 Å². The van der Waals surface area contributed by atoms with Gasteiger partial charge in [0.1, 0.15) is 0 Å².